The number of methoxy groups -OCH3 is 1. The van der Waals surface area contributed by atoms with E-state index in [0.717, 1.165) is 37.1 Å². The maximum absolute atomic E-state index is 14.1. The summed E-state index contributed by atoms with van der Waals surface area (Å²) in [5, 5.41) is 2.46. The summed E-state index contributed by atoms with van der Waals surface area (Å²) in [4.78, 5) is 16.3. The van der Waals surface area contributed by atoms with Crippen molar-refractivity contribution in [2.45, 2.75) is 36.2 Å². The fourth-order valence-corrected chi connectivity index (χ4v) is 4.56. The fourth-order valence-electron chi connectivity index (χ4n) is 2.93. The number of nitrogens with zero attached hydrogens (tertiary/aromatic N) is 1. The number of rotatable bonds is 8. The van der Waals surface area contributed by atoms with Gasteiger partial charge in [-0.1, -0.05) is 12.1 Å². The van der Waals surface area contributed by atoms with Crippen molar-refractivity contribution in [2.75, 3.05) is 18.2 Å². The summed E-state index contributed by atoms with van der Waals surface area (Å²) >= 11 is 0. The molecule has 1 fully saturated rings. The number of amides is 1. The Balaban J connectivity index is 1.62. The van der Waals surface area contributed by atoms with Gasteiger partial charge in [0.25, 0.3) is 0 Å². The highest BCUT2D eigenvalue weighted by Crippen LogP contribution is 2.43. The molecule has 1 aliphatic rings. The summed E-state index contributed by atoms with van der Waals surface area (Å²) in [6.45, 7) is 0. The van der Waals surface area contributed by atoms with Crippen LogP contribution in [0.1, 0.15) is 24.1 Å². The van der Waals surface area contributed by atoms with E-state index in [4.69, 9.17) is 0 Å². The lowest BCUT2D eigenvalue weighted by atomic mass is 10.1. The quantitative estimate of drug-likeness (QED) is 0.606. The number of halogens is 4. The van der Waals surface area contributed by atoms with Crippen LogP contribution in [-0.4, -0.2) is 38.3 Å². The minimum atomic E-state index is -5.27. The van der Waals surface area contributed by atoms with Gasteiger partial charge in [0.15, 0.2) is 9.84 Å². The average molecular weight is 460 g/mol. The number of hydrogen-bond donors (Lipinski definition) is 1. The molecule has 0 bridgehead atoms. The third-order valence-electron chi connectivity index (χ3n) is 4.84. The Kier molecular flexibility index (Phi) is 6.38. The number of hydrogen-bond acceptors (Lipinski definition) is 5. The number of benzene rings is 1. The van der Waals surface area contributed by atoms with Gasteiger partial charge in [-0.3, -0.25) is 9.78 Å². The first-order valence-electron chi connectivity index (χ1n) is 9.33. The summed E-state index contributed by atoms with van der Waals surface area (Å²) in [7, 11) is -2.79. The first-order chi connectivity index (χ1) is 14.4. The molecule has 0 radical (unpaired) electrons. The molecule has 1 amide bonds. The van der Waals surface area contributed by atoms with Crippen LogP contribution < -0.4 is 5.32 Å². The standard InChI is InChI=1S/C20H20F4N2O4S/c1-30-19(21,20(22,23)24)14-4-6-15(7-5-14)26-18(27)10-16-8-9-17(11-25-16)31(28,29)12-13-2-3-13/h4-9,11,13H,2-3,10,12H2,1H3,(H,26,27). The molecule has 3 rings (SSSR count). The van der Waals surface area contributed by atoms with Crippen molar-refractivity contribution < 1.29 is 35.5 Å². The van der Waals surface area contributed by atoms with Crippen molar-refractivity contribution in [2.24, 2.45) is 5.92 Å². The van der Waals surface area contributed by atoms with E-state index in [0.29, 0.717) is 12.8 Å². The van der Waals surface area contributed by atoms with Gasteiger partial charge < -0.3 is 10.1 Å². The maximum Gasteiger partial charge on any atom is 0.453 e. The van der Waals surface area contributed by atoms with Crippen LogP contribution in [0.3, 0.4) is 0 Å². The van der Waals surface area contributed by atoms with Crippen LogP contribution in [-0.2, 0) is 31.6 Å². The van der Waals surface area contributed by atoms with E-state index in [1.165, 1.54) is 18.3 Å². The largest absolute Gasteiger partial charge is 0.453 e. The Labute approximate surface area is 176 Å². The van der Waals surface area contributed by atoms with Crippen LogP contribution >= 0.6 is 0 Å². The zero-order valence-electron chi connectivity index (χ0n) is 16.4. The fraction of sp³-hybridized carbons (Fsp3) is 0.400. The van der Waals surface area contributed by atoms with E-state index in [2.05, 4.69) is 15.0 Å². The highest BCUT2D eigenvalue weighted by Gasteiger charge is 2.58. The molecule has 1 atom stereocenters. The number of carbonyl (C=O) groups excluding carboxylic acids is 1. The molecule has 31 heavy (non-hydrogen) atoms. The van der Waals surface area contributed by atoms with Crippen LogP contribution in [0.2, 0.25) is 0 Å². The van der Waals surface area contributed by atoms with Crippen molar-refractivity contribution in [1.82, 2.24) is 4.98 Å². The molecule has 1 aromatic heterocycles. The molecule has 168 valence electrons. The zero-order valence-corrected chi connectivity index (χ0v) is 17.3. The van der Waals surface area contributed by atoms with Crippen LogP contribution in [0, 0.1) is 5.92 Å². The smallest absolute Gasteiger partial charge is 0.339 e. The second kappa shape index (κ2) is 8.54. The van der Waals surface area contributed by atoms with E-state index in [1.807, 2.05) is 0 Å². The average Bonchev–Trinajstić information content (AvgIpc) is 3.50. The van der Waals surface area contributed by atoms with Gasteiger partial charge in [0.2, 0.25) is 5.91 Å². The number of pyridine rings is 1. The van der Waals surface area contributed by atoms with Gasteiger partial charge in [0.05, 0.1) is 17.1 Å². The first kappa shape index (κ1) is 23.1. The zero-order chi connectivity index (χ0) is 22.9. The second-order valence-electron chi connectivity index (χ2n) is 7.31. The van der Waals surface area contributed by atoms with E-state index in [9.17, 15) is 30.8 Å². The molecule has 0 aliphatic heterocycles. The number of sulfone groups is 1. The third kappa shape index (κ3) is 5.40. The molecule has 1 aromatic carbocycles. The molecule has 1 unspecified atom stereocenters. The molecule has 1 heterocycles. The lowest BCUT2D eigenvalue weighted by molar-refractivity contribution is -0.333. The number of aromatic nitrogens is 1. The molecule has 2 aromatic rings. The lowest BCUT2D eigenvalue weighted by Crippen LogP contribution is -2.39. The van der Waals surface area contributed by atoms with Gasteiger partial charge in [-0.05, 0) is 43.0 Å². The lowest BCUT2D eigenvalue weighted by Gasteiger charge is -2.26. The van der Waals surface area contributed by atoms with Crippen molar-refractivity contribution in [3.8, 4) is 0 Å². The molecular formula is C20H20F4N2O4S. The summed E-state index contributed by atoms with van der Waals surface area (Å²) < 4.78 is 81.3. The number of alkyl halides is 4. The van der Waals surface area contributed by atoms with Crippen molar-refractivity contribution >= 4 is 21.4 Å². The van der Waals surface area contributed by atoms with E-state index in [-0.39, 0.29) is 28.7 Å². The minimum Gasteiger partial charge on any atom is -0.339 e. The topological polar surface area (TPSA) is 85.4 Å². The predicted molar refractivity (Wildman–Crippen MR) is 104 cm³/mol. The molecule has 11 heteroatoms. The third-order valence-corrected chi connectivity index (χ3v) is 6.71. The summed E-state index contributed by atoms with van der Waals surface area (Å²) in [5.41, 5.74) is -0.290. The Morgan fingerprint density at radius 2 is 1.77 bits per heavy atom. The van der Waals surface area contributed by atoms with Crippen LogP contribution in [0.25, 0.3) is 0 Å². The Bertz CT molecular complexity index is 1040. The van der Waals surface area contributed by atoms with E-state index < -0.39 is 33.3 Å². The van der Waals surface area contributed by atoms with Crippen molar-refractivity contribution in [3.63, 3.8) is 0 Å². The molecule has 6 nitrogen and oxygen atoms in total. The summed E-state index contributed by atoms with van der Waals surface area (Å²) in [5.74, 6) is -4.20. The predicted octanol–water partition coefficient (Wildman–Crippen LogP) is 3.78. The molecule has 0 saturated heterocycles. The number of carbonyl (C=O) groups is 1. The Morgan fingerprint density at radius 1 is 1.13 bits per heavy atom. The maximum atomic E-state index is 14.1. The SMILES string of the molecule is COC(F)(c1ccc(NC(=O)Cc2ccc(S(=O)(=O)CC3CC3)cn2)cc1)C(F)(F)F. The number of ether oxygens (including phenoxy) is 1. The first-order valence-corrected chi connectivity index (χ1v) is 11.0. The van der Waals surface area contributed by atoms with E-state index in [1.54, 1.807) is 0 Å². The van der Waals surface area contributed by atoms with Crippen LogP contribution in [0.5, 0.6) is 0 Å². The summed E-state index contributed by atoms with van der Waals surface area (Å²) in [6, 6.07) is 6.79. The van der Waals surface area contributed by atoms with Gasteiger partial charge >= 0.3 is 12.0 Å². The van der Waals surface area contributed by atoms with Gasteiger partial charge in [-0.2, -0.15) is 17.6 Å². The highest BCUT2D eigenvalue weighted by molar-refractivity contribution is 7.91. The number of nitrogens with one attached hydrogen (secondary N) is 1. The summed E-state index contributed by atoms with van der Waals surface area (Å²) in [6.07, 6.45) is -2.44. The highest BCUT2D eigenvalue weighted by atomic mass is 32.2. The van der Waals surface area contributed by atoms with Crippen LogP contribution in [0.15, 0.2) is 47.5 Å². The monoisotopic (exact) mass is 460 g/mol. The van der Waals surface area contributed by atoms with Gasteiger partial charge in [0.1, 0.15) is 0 Å². The van der Waals surface area contributed by atoms with Gasteiger partial charge in [0, 0.05) is 30.3 Å². The number of anilines is 1. The van der Waals surface area contributed by atoms with Gasteiger partial charge in [-0.25, -0.2) is 8.42 Å². The molecule has 0 spiro atoms. The van der Waals surface area contributed by atoms with Gasteiger partial charge in [-0.15, -0.1) is 0 Å². The second-order valence-corrected chi connectivity index (χ2v) is 9.34. The van der Waals surface area contributed by atoms with Crippen molar-refractivity contribution in [1.29, 1.82) is 0 Å². The normalized spacial score (nSPS) is 16.5. The molecule has 1 aliphatic carbocycles. The minimum absolute atomic E-state index is 0.0854. The molecule has 1 saturated carbocycles. The molecule has 1 N–H and O–H groups in total. The van der Waals surface area contributed by atoms with Crippen molar-refractivity contribution in [3.05, 3.63) is 53.9 Å². The Morgan fingerprint density at radius 3 is 2.26 bits per heavy atom. The van der Waals surface area contributed by atoms with Crippen LogP contribution in [0.4, 0.5) is 23.2 Å². The Hall–Kier alpha value is -2.53. The van der Waals surface area contributed by atoms with E-state index >= 15 is 0 Å². The molecular weight excluding hydrogens is 440 g/mol.